The molecule has 2 bridgehead atoms. The molecule has 0 aliphatic carbocycles. The number of benzene rings is 1. The van der Waals surface area contributed by atoms with E-state index in [0.29, 0.717) is 55.7 Å². The summed E-state index contributed by atoms with van der Waals surface area (Å²) in [6, 6.07) is 7.59. The topological polar surface area (TPSA) is 109 Å². The van der Waals surface area contributed by atoms with E-state index in [9.17, 15) is 14.4 Å². The van der Waals surface area contributed by atoms with Crippen molar-refractivity contribution in [1.82, 2.24) is 25.3 Å². The summed E-state index contributed by atoms with van der Waals surface area (Å²) in [6.07, 6.45) is 5.37. The van der Waals surface area contributed by atoms with Crippen molar-refractivity contribution in [2.75, 3.05) is 19.6 Å². The number of rotatable bonds is 3. The molecule has 5 rings (SSSR count). The van der Waals surface area contributed by atoms with Gasteiger partial charge >= 0.3 is 0 Å². The molecule has 0 radical (unpaired) electrons. The van der Waals surface area contributed by atoms with Gasteiger partial charge in [-0.3, -0.25) is 14.4 Å². The average molecular weight is 550 g/mol. The number of piperidine rings is 2. The molecule has 3 aliphatic heterocycles. The predicted octanol–water partition coefficient (Wildman–Crippen LogP) is 4.47. The van der Waals surface area contributed by atoms with Gasteiger partial charge in [0.05, 0.1) is 0 Å². The van der Waals surface area contributed by atoms with Crippen LogP contribution in [0.15, 0.2) is 28.8 Å². The van der Waals surface area contributed by atoms with Gasteiger partial charge in [0.2, 0.25) is 23.5 Å². The number of hydrogen-bond acceptors (Lipinski definition) is 6. The highest BCUT2D eigenvalue weighted by atomic mass is 16.5. The molecule has 9 nitrogen and oxygen atoms in total. The first-order chi connectivity index (χ1) is 19.2. The molecule has 3 aliphatic rings. The number of hydrogen-bond donors (Lipinski definition) is 1. The number of nitrogens with zero attached hydrogens (tertiary/aromatic N) is 4. The Bertz CT molecular complexity index is 1230. The number of nitrogens with one attached hydrogen (secondary N) is 1. The SMILES string of the molecule is Cc1nc(-c2cccc(C(=O)N3C[C@@H]4C[C@@H](C3)[C@@H]3CCCC(=O)N[C@H](C(C)C)CC[C@@H](C)CC(=O)N3C4)c2)no1. The van der Waals surface area contributed by atoms with Crippen molar-refractivity contribution in [2.45, 2.75) is 84.7 Å². The minimum atomic E-state index is -0.00564. The first-order valence-electron chi connectivity index (χ1n) is 15.0. The van der Waals surface area contributed by atoms with Crippen LogP contribution in [0.5, 0.6) is 0 Å². The number of amides is 3. The number of carbonyl (C=O) groups is 3. The maximum atomic E-state index is 13.7. The third kappa shape index (κ3) is 6.39. The summed E-state index contributed by atoms with van der Waals surface area (Å²) in [4.78, 5) is 48.5. The first kappa shape index (κ1) is 28.3. The lowest BCUT2D eigenvalue weighted by Crippen LogP contribution is -2.60. The van der Waals surface area contributed by atoms with Crippen molar-refractivity contribution in [2.24, 2.45) is 23.7 Å². The number of likely N-dealkylation sites (tertiary alicyclic amines) is 1. The van der Waals surface area contributed by atoms with E-state index in [1.165, 1.54) is 0 Å². The van der Waals surface area contributed by atoms with Crippen LogP contribution >= 0.6 is 0 Å². The van der Waals surface area contributed by atoms with Crippen molar-refractivity contribution in [3.63, 3.8) is 0 Å². The maximum absolute atomic E-state index is 13.7. The smallest absolute Gasteiger partial charge is 0.253 e. The van der Waals surface area contributed by atoms with E-state index in [-0.39, 0.29) is 47.6 Å². The van der Waals surface area contributed by atoms with Crippen molar-refractivity contribution < 1.29 is 18.9 Å². The van der Waals surface area contributed by atoms with Crippen LogP contribution in [0, 0.1) is 30.6 Å². The number of carbonyl (C=O) groups excluding carboxylic acids is 3. The second kappa shape index (κ2) is 12.1. The van der Waals surface area contributed by atoms with Crippen molar-refractivity contribution in [1.29, 1.82) is 0 Å². The molecule has 0 saturated carbocycles. The minimum absolute atomic E-state index is 0.00564. The second-order valence-corrected chi connectivity index (χ2v) is 12.6. The second-order valence-electron chi connectivity index (χ2n) is 12.6. The quantitative estimate of drug-likeness (QED) is 0.605. The molecule has 3 saturated heterocycles. The standard InChI is InChI=1S/C31H43N5O4/c1-19(2)26-12-11-20(3)13-29(38)36-17-22-14-25(27(36)9-6-10-28(37)33-26)18-35(16-22)31(39)24-8-5-7-23(15-24)30-32-21(4)40-34-30/h5,7-8,15,19-20,22,25-27H,6,9-14,16-18H2,1-4H3,(H,33,37)/t20-,22+,25+,26+,27+/m1/s1. The van der Waals surface area contributed by atoms with Crippen LogP contribution in [-0.4, -0.2) is 69.4 Å². The lowest BCUT2D eigenvalue weighted by molar-refractivity contribution is -0.141. The summed E-state index contributed by atoms with van der Waals surface area (Å²) in [5.74, 6) is 2.37. The summed E-state index contributed by atoms with van der Waals surface area (Å²) in [7, 11) is 0. The van der Waals surface area contributed by atoms with E-state index in [4.69, 9.17) is 4.52 Å². The molecular weight excluding hydrogens is 506 g/mol. The maximum Gasteiger partial charge on any atom is 0.253 e. The van der Waals surface area contributed by atoms with Crippen LogP contribution < -0.4 is 5.32 Å². The van der Waals surface area contributed by atoms with Crippen LogP contribution in [0.1, 0.15) is 82.0 Å². The minimum Gasteiger partial charge on any atom is -0.353 e. The summed E-state index contributed by atoms with van der Waals surface area (Å²) in [5, 5.41) is 7.25. The van der Waals surface area contributed by atoms with Crippen LogP contribution in [0.2, 0.25) is 0 Å². The van der Waals surface area contributed by atoms with Crippen molar-refractivity contribution in [3.05, 3.63) is 35.7 Å². The molecule has 4 heterocycles. The Morgan fingerprint density at radius 3 is 2.70 bits per heavy atom. The van der Waals surface area contributed by atoms with Gasteiger partial charge in [0.1, 0.15) is 0 Å². The molecule has 216 valence electrons. The highest BCUT2D eigenvalue weighted by Gasteiger charge is 2.43. The van der Waals surface area contributed by atoms with E-state index in [1.807, 2.05) is 29.2 Å². The molecule has 3 amide bonds. The molecule has 0 spiro atoms. The van der Waals surface area contributed by atoms with Gasteiger partial charge in [0, 0.05) is 62.6 Å². The molecule has 1 N–H and O–H groups in total. The molecular formula is C31H43N5O4. The van der Waals surface area contributed by atoms with Gasteiger partial charge in [0.15, 0.2) is 0 Å². The van der Waals surface area contributed by atoms with Crippen LogP contribution in [0.25, 0.3) is 11.4 Å². The van der Waals surface area contributed by atoms with E-state index in [0.717, 1.165) is 37.7 Å². The van der Waals surface area contributed by atoms with Gasteiger partial charge in [-0.25, -0.2) is 0 Å². The van der Waals surface area contributed by atoms with E-state index in [2.05, 4.69) is 41.1 Å². The zero-order chi connectivity index (χ0) is 28.4. The van der Waals surface area contributed by atoms with Gasteiger partial charge in [-0.2, -0.15) is 4.98 Å². The highest BCUT2D eigenvalue weighted by Crippen LogP contribution is 2.37. The fourth-order valence-electron chi connectivity index (χ4n) is 6.86. The highest BCUT2D eigenvalue weighted by molar-refractivity contribution is 5.95. The van der Waals surface area contributed by atoms with Gasteiger partial charge in [-0.15, -0.1) is 0 Å². The summed E-state index contributed by atoms with van der Waals surface area (Å²) >= 11 is 0. The summed E-state index contributed by atoms with van der Waals surface area (Å²) in [5.41, 5.74) is 1.35. The summed E-state index contributed by atoms with van der Waals surface area (Å²) in [6.45, 7) is 10.1. The number of fused-ring (bicyclic) bond motifs is 4. The third-order valence-electron chi connectivity index (χ3n) is 9.02. The van der Waals surface area contributed by atoms with Crippen LogP contribution in [0.3, 0.4) is 0 Å². The Kier molecular flexibility index (Phi) is 8.57. The van der Waals surface area contributed by atoms with Gasteiger partial charge in [-0.05, 0) is 67.9 Å². The number of aromatic nitrogens is 2. The lowest BCUT2D eigenvalue weighted by atomic mass is 9.77. The van der Waals surface area contributed by atoms with E-state index in [1.54, 1.807) is 6.92 Å². The van der Waals surface area contributed by atoms with Crippen molar-refractivity contribution in [3.8, 4) is 11.4 Å². The fraction of sp³-hybridized carbons (Fsp3) is 0.645. The zero-order valence-corrected chi connectivity index (χ0v) is 24.3. The normalized spacial score (nSPS) is 28.3. The lowest BCUT2D eigenvalue weighted by Gasteiger charge is -2.51. The molecule has 9 heteroatoms. The van der Waals surface area contributed by atoms with Gasteiger partial charge < -0.3 is 19.6 Å². The van der Waals surface area contributed by atoms with E-state index < -0.39 is 0 Å². The molecule has 2 aromatic rings. The van der Waals surface area contributed by atoms with Crippen molar-refractivity contribution >= 4 is 17.7 Å². The zero-order valence-electron chi connectivity index (χ0n) is 24.3. The Morgan fingerprint density at radius 1 is 1.12 bits per heavy atom. The van der Waals surface area contributed by atoms with Crippen LogP contribution in [-0.2, 0) is 9.59 Å². The van der Waals surface area contributed by atoms with Gasteiger partial charge in [0.25, 0.3) is 5.91 Å². The molecule has 1 aromatic heterocycles. The molecule has 40 heavy (non-hydrogen) atoms. The Morgan fingerprint density at radius 2 is 1.95 bits per heavy atom. The predicted molar refractivity (Wildman–Crippen MR) is 151 cm³/mol. The molecule has 0 unspecified atom stereocenters. The Balaban J connectivity index is 1.32. The Labute approximate surface area is 237 Å². The monoisotopic (exact) mass is 549 g/mol. The third-order valence-corrected chi connectivity index (χ3v) is 9.02. The average Bonchev–Trinajstić information content (AvgIpc) is 3.37. The van der Waals surface area contributed by atoms with E-state index >= 15 is 0 Å². The largest absolute Gasteiger partial charge is 0.353 e. The molecule has 3 fully saturated rings. The van der Waals surface area contributed by atoms with Gasteiger partial charge in [-0.1, -0.05) is 38.1 Å². The molecule has 1 aromatic carbocycles. The molecule has 5 atom stereocenters. The fourth-order valence-corrected chi connectivity index (χ4v) is 6.86. The number of aryl methyl sites for hydroxylation is 1. The Hall–Kier alpha value is -3.23. The van der Waals surface area contributed by atoms with Crippen LogP contribution in [0.4, 0.5) is 0 Å². The summed E-state index contributed by atoms with van der Waals surface area (Å²) < 4.78 is 5.12. The first-order valence-corrected chi connectivity index (χ1v) is 15.0.